The van der Waals surface area contributed by atoms with E-state index < -0.39 is 14.9 Å². The van der Waals surface area contributed by atoms with E-state index >= 15 is 0 Å². The molecule has 1 heterocycles. The fourth-order valence-corrected chi connectivity index (χ4v) is 4.57. The van der Waals surface area contributed by atoms with E-state index in [4.69, 9.17) is 11.6 Å². The van der Waals surface area contributed by atoms with Crippen LogP contribution in [0.4, 0.5) is 17.1 Å². The lowest BCUT2D eigenvalue weighted by Gasteiger charge is -2.35. The summed E-state index contributed by atoms with van der Waals surface area (Å²) in [4.78, 5) is 12.8. The molecule has 0 saturated carbocycles. The number of benzene rings is 2. The van der Waals surface area contributed by atoms with E-state index in [1.54, 1.807) is 31.3 Å². The van der Waals surface area contributed by atoms with Crippen molar-refractivity contribution in [2.45, 2.75) is 4.90 Å². The topological polar surface area (TPSA) is 95.8 Å². The Morgan fingerprint density at radius 3 is 2.26 bits per heavy atom. The second kappa shape index (κ2) is 7.71. The highest BCUT2D eigenvalue weighted by atomic mass is 35.5. The number of hydrogen-bond acceptors (Lipinski definition) is 6. The van der Waals surface area contributed by atoms with Crippen LogP contribution in [0, 0.1) is 10.1 Å². The Labute approximate surface area is 162 Å². The van der Waals surface area contributed by atoms with Gasteiger partial charge >= 0.3 is 0 Å². The van der Waals surface area contributed by atoms with Crippen molar-refractivity contribution in [1.29, 1.82) is 0 Å². The Kier molecular flexibility index (Phi) is 5.54. The molecule has 0 unspecified atom stereocenters. The molecule has 1 N–H and O–H groups in total. The molecule has 0 aromatic heterocycles. The highest BCUT2D eigenvalue weighted by Crippen LogP contribution is 2.30. The Balaban J connectivity index is 1.73. The Bertz CT molecular complexity index is 942. The molecule has 0 bridgehead atoms. The van der Waals surface area contributed by atoms with E-state index in [0.29, 0.717) is 36.9 Å². The van der Waals surface area contributed by atoms with Gasteiger partial charge in [-0.3, -0.25) is 10.1 Å². The number of sulfonamides is 1. The summed E-state index contributed by atoms with van der Waals surface area (Å²) in [6.45, 7) is 1.65. The van der Waals surface area contributed by atoms with E-state index in [-0.39, 0.29) is 10.6 Å². The van der Waals surface area contributed by atoms with Gasteiger partial charge in [0.15, 0.2) is 0 Å². The van der Waals surface area contributed by atoms with Crippen molar-refractivity contribution in [1.82, 2.24) is 4.31 Å². The van der Waals surface area contributed by atoms with Crippen molar-refractivity contribution in [2.24, 2.45) is 0 Å². The number of rotatable bonds is 5. The number of anilines is 2. The van der Waals surface area contributed by atoms with Gasteiger partial charge in [-0.2, -0.15) is 4.31 Å². The summed E-state index contributed by atoms with van der Waals surface area (Å²) < 4.78 is 26.9. The average molecular weight is 411 g/mol. The number of halogens is 1. The van der Waals surface area contributed by atoms with Crippen LogP contribution >= 0.6 is 11.6 Å². The van der Waals surface area contributed by atoms with Crippen LogP contribution in [0.3, 0.4) is 0 Å². The lowest BCUT2D eigenvalue weighted by atomic mass is 10.2. The molecule has 0 radical (unpaired) electrons. The third kappa shape index (κ3) is 4.00. The quantitative estimate of drug-likeness (QED) is 0.601. The molecular formula is C17H19ClN4O4S. The Morgan fingerprint density at radius 1 is 1.07 bits per heavy atom. The minimum Gasteiger partial charge on any atom is -0.383 e. The third-order valence-corrected chi connectivity index (χ3v) is 6.67. The van der Waals surface area contributed by atoms with Crippen LogP contribution in [0.25, 0.3) is 0 Å². The smallest absolute Gasteiger partial charge is 0.292 e. The minimum absolute atomic E-state index is 0.00482. The van der Waals surface area contributed by atoms with Gasteiger partial charge in [0.05, 0.1) is 9.82 Å². The summed E-state index contributed by atoms with van der Waals surface area (Å²) in [6.07, 6.45) is 0. The lowest BCUT2D eigenvalue weighted by Crippen LogP contribution is -2.48. The molecule has 0 aliphatic carbocycles. The SMILES string of the molecule is CNc1cc(N2CCN(S(=O)(=O)c3ccc(Cl)cc3)CC2)ccc1[N+](=O)[O-]. The van der Waals surface area contributed by atoms with Crippen LogP contribution in [0.2, 0.25) is 5.02 Å². The number of nitro groups is 1. The van der Waals surface area contributed by atoms with Crippen LogP contribution in [0.15, 0.2) is 47.4 Å². The van der Waals surface area contributed by atoms with E-state index in [9.17, 15) is 18.5 Å². The summed E-state index contributed by atoms with van der Waals surface area (Å²) in [6, 6.07) is 11.0. The van der Waals surface area contributed by atoms with Gasteiger partial charge in [0.1, 0.15) is 5.69 Å². The van der Waals surface area contributed by atoms with Gasteiger partial charge in [-0.1, -0.05) is 11.6 Å². The van der Waals surface area contributed by atoms with Gasteiger partial charge in [-0.25, -0.2) is 8.42 Å². The molecule has 0 atom stereocenters. The molecule has 3 rings (SSSR count). The fraction of sp³-hybridized carbons (Fsp3) is 0.294. The van der Waals surface area contributed by atoms with Crippen LogP contribution < -0.4 is 10.2 Å². The monoisotopic (exact) mass is 410 g/mol. The fourth-order valence-electron chi connectivity index (χ4n) is 3.02. The predicted octanol–water partition coefficient (Wildman–Crippen LogP) is 2.80. The zero-order valence-corrected chi connectivity index (χ0v) is 16.2. The molecule has 27 heavy (non-hydrogen) atoms. The lowest BCUT2D eigenvalue weighted by molar-refractivity contribution is -0.383. The number of nitrogens with zero attached hydrogens (tertiary/aromatic N) is 3. The maximum absolute atomic E-state index is 12.7. The van der Waals surface area contributed by atoms with Gasteiger partial charge in [0, 0.05) is 50.0 Å². The van der Waals surface area contributed by atoms with Gasteiger partial charge in [0.25, 0.3) is 5.69 Å². The van der Waals surface area contributed by atoms with Gasteiger partial charge in [-0.15, -0.1) is 0 Å². The van der Waals surface area contributed by atoms with E-state index in [2.05, 4.69) is 5.32 Å². The van der Waals surface area contributed by atoms with Gasteiger partial charge in [-0.05, 0) is 36.4 Å². The summed E-state index contributed by atoms with van der Waals surface area (Å²) >= 11 is 5.83. The maximum Gasteiger partial charge on any atom is 0.292 e. The molecular weight excluding hydrogens is 392 g/mol. The van der Waals surface area contributed by atoms with E-state index in [1.165, 1.54) is 22.5 Å². The van der Waals surface area contributed by atoms with Gasteiger partial charge in [0.2, 0.25) is 10.0 Å². The van der Waals surface area contributed by atoms with Crippen molar-refractivity contribution in [2.75, 3.05) is 43.4 Å². The highest BCUT2D eigenvalue weighted by Gasteiger charge is 2.29. The number of nitrogens with one attached hydrogen (secondary N) is 1. The van der Waals surface area contributed by atoms with E-state index in [1.807, 2.05) is 4.90 Å². The first-order valence-corrected chi connectivity index (χ1v) is 10.1. The van der Waals surface area contributed by atoms with Crippen molar-refractivity contribution < 1.29 is 13.3 Å². The molecule has 0 amide bonds. The van der Waals surface area contributed by atoms with Crippen molar-refractivity contribution in [3.63, 3.8) is 0 Å². The highest BCUT2D eigenvalue weighted by molar-refractivity contribution is 7.89. The standard InChI is InChI=1S/C17H19ClN4O4S/c1-19-16-12-14(4-7-17(16)22(23)24)20-8-10-21(11-9-20)27(25,26)15-5-2-13(18)3-6-15/h2-7,12,19H,8-11H2,1H3. The van der Waals surface area contributed by atoms with Crippen LogP contribution in [-0.4, -0.2) is 50.9 Å². The summed E-state index contributed by atoms with van der Waals surface area (Å²) in [5, 5.41) is 14.4. The van der Waals surface area contributed by atoms with Crippen molar-refractivity contribution >= 4 is 38.7 Å². The largest absolute Gasteiger partial charge is 0.383 e. The summed E-state index contributed by atoms with van der Waals surface area (Å²) in [5.74, 6) is 0. The maximum atomic E-state index is 12.7. The second-order valence-electron chi connectivity index (χ2n) is 6.05. The zero-order chi connectivity index (χ0) is 19.6. The second-order valence-corrected chi connectivity index (χ2v) is 8.43. The average Bonchev–Trinajstić information content (AvgIpc) is 2.67. The molecule has 10 heteroatoms. The van der Waals surface area contributed by atoms with Gasteiger partial charge < -0.3 is 10.2 Å². The molecule has 2 aromatic rings. The molecule has 1 saturated heterocycles. The number of nitro benzene ring substituents is 1. The Morgan fingerprint density at radius 2 is 1.70 bits per heavy atom. The zero-order valence-electron chi connectivity index (χ0n) is 14.6. The summed E-state index contributed by atoms with van der Waals surface area (Å²) in [5.41, 5.74) is 1.24. The molecule has 1 fully saturated rings. The van der Waals surface area contributed by atoms with Crippen LogP contribution in [-0.2, 0) is 10.0 Å². The molecule has 1 aliphatic rings. The predicted molar refractivity (Wildman–Crippen MR) is 105 cm³/mol. The molecule has 0 spiro atoms. The molecule has 1 aliphatic heterocycles. The van der Waals surface area contributed by atoms with Crippen molar-refractivity contribution in [3.8, 4) is 0 Å². The normalized spacial score (nSPS) is 15.6. The summed E-state index contributed by atoms with van der Waals surface area (Å²) in [7, 11) is -1.94. The number of piperazine rings is 1. The first-order valence-electron chi connectivity index (χ1n) is 8.30. The molecule has 8 nitrogen and oxygen atoms in total. The Hall–Kier alpha value is -2.36. The first kappa shape index (κ1) is 19.4. The molecule has 144 valence electrons. The van der Waals surface area contributed by atoms with Crippen LogP contribution in [0.5, 0.6) is 0 Å². The number of hydrogen-bond donors (Lipinski definition) is 1. The van der Waals surface area contributed by atoms with Crippen LogP contribution in [0.1, 0.15) is 0 Å². The minimum atomic E-state index is -3.57. The van der Waals surface area contributed by atoms with Crippen molar-refractivity contribution in [3.05, 3.63) is 57.6 Å². The molecule has 2 aromatic carbocycles. The van der Waals surface area contributed by atoms with E-state index in [0.717, 1.165) is 5.69 Å². The third-order valence-electron chi connectivity index (χ3n) is 4.50. The first-order chi connectivity index (χ1) is 12.8.